The molecule has 1 aromatic heterocycles. The van der Waals surface area contributed by atoms with Crippen molar-refractivity contribution in [2.45, 2.75) is 19.9 Å². The van der Waals surface area contributed by atoms with Crippen molar-refractivity contribution in [1.29, 1.82) is 0 Å². The van der Waals surface area contributed by atoms with Gasteiger partial charge in [0.15, 0.2) is 4.47 Å². The Morgan fingerprint density at radius 2 is 2.36 bits per heavy atom. The van der Waals surface area contributed by atoms with Crippen LogP contribution in [-0.4, -0.2) is 24.1 Å². The first-order valence-corrected chi connectivity index (χ1v) is 8.33. The number of benzene rings is 1. The predicted molar refractivity (Wildman–Crippen MR) is 91.0 cm³/mol. The summed E-state index contributed by atoms with van der Waals surface area (Å²) in [5.74, 6) is 0. The fourth-order valence-electron chi connectivity index (χ4n) is 2.51. The Bertz CT molecular complexity index is 688. The quantitative estimate of drug-likeness (QED) is 0.896. The number of thiazole rings is 1. The summed E-state index contributed by atoms with van der Waals surface area (Å²) >= 11 is 7.31. The smallest absolute Gasteiger partial charge is 0.321 e. The van der Waals surface area contributed by atoms with E-state index < -0.39 is 0 Å². The van der Waals surface area contributed by atoms with Gasteiger partial charge in [0.2, 0.25) is 0 Å². The zero-order valence-electron chi connectivity index (χ0n) is 12.2. The van der Waals surface area contributed by atoms with Crippen LogP contribution >= 0.6 is 22.9 Å². The number of carbonyl (C=O) groups is 1. The van der Waals surface area contributed by atoms with Gasteiger partial charge in [-0.2, -0.15) is 0 Å². The lowest BCUT2D eigenvalue weighted by Crippen LogP contribution is -2.46. The minimum Gasteiger partial charge on any atom is -0.380 e. The Labute approximate surface area is 138 Å². The van der Waals surface area contributed by atoms with Crippen molar-refractivity contribution in [1.82, 2.24) is 10.3 Å². The second-order valence-electron chi connectivity index (χ2n) is 5.12. The standard InChI is InChI=1S/C15H17ClN4OS/c1-10-12(18-8-11-9-19-14(16)22-11)4-2-5-13(10)20-7-3-6-17-15(20)21/h2,4-5,9,18H,3,6-8H2,1H3,(H,17,21). The lowest BCUT2D eigenvalue weighted by Gasteiger charge is -2.29. The van der Waals surface area contributed by atoms with Crippen molar-refractivity contribution in [3.63, 3.8) is 0 Å². The van der Waals surface area contributed by atoms with Crippen molar-refractivity contribution in [2.24, 2.45) is 0 Å². The van der Waals surface area contributed by atoms with Crippen LogP contribution in [0.25, 0.3) is 0 Å². The maximum Gasteiger partial charge on any atom is 0.321 e. The highest BCUT2D eigenvalue weighted by Gasteiger charge is 2.21. The van der Waals surface area contributed by atoms with E-state index >= 15 is 0 Å². The Morgan fingerprint density at radius 3 is 3.09 bits per heavy atom. The number of hydrogen-bond donors (Lipinski definition) is 2. The summed E-state index contributed by atoms with van der Waals surface area (Å²) in [5.41, 5.74) is 3.03. The highest BCUT2D eigenvalue weighted by atomic mass is 35.5. The molecule has 1 aliphatic heterocycles. The van der Waals surface area contributed by atoms with E-state index in [4.69, 9.17) is 11.6 Å². The Morgan fingerprint density at radius 1 is 1.50 bits per heavy atom. The second kappa shape index (κ2) is 6.54. The van der Waals surface area contributed by atoms with Gasteiger partial charge in [-0.05, 0) is 31.0 Å². The Balaban J connectivity index is 1.78. The summed E-state index contributed by atoms with van der Waals surface area (Å²) in [7, 11) is 0. The van der Waals surface area contributed by atoms with Crippen LogP contribution in [0.15, 0.2) is 24.4 Å². The first-order valence-electron chi connectivity index (χ1n) is 7.14. The van der Waals surface area contributed by atoms with Gasteiger partial charge in [0.25, 0.3) is 0 Å². The molecular formula is C15H17ClN4OS. The molecule has 2 aromatic rings. The van der Waals surface area contributed by atoms with Crippen LogP contribution in [0.5, 0.6) is 0 Å². The van der Waals surface area contributed by atoms with Crippen molar-refractivity contribution >= 4 is 40.3 Å². The number of anilines is 2. The van der Waals surface area contributed by atoms with Gasteiger partial charge < -0.3 is 10.6 Å². The van der Waals surface area contributed by atoms with Crippen molar-refractivity contribution in [2.75, 3.05) is 23.3 Å². The number of aromatic nitrogens is 1. The van der Waals surface area contributed by atoms with Crippen molar-refractivity contribution < 1.29 is 4.79 Å². The van der Waals surface area contributed by atoms with Gasteiger partial charge in [-0.1, -0.05) is 17.7 Å². The van der Waals surface area contributed by atoms with E-state index in [1.807, 2.05) is 25.1 Å². The maximum atomic E-state index is 12.0. The zero-order chi connectivity index (χ0) is 15.5. The molecule has 116 valence electrons. The molecule has 2 N–H and O–H groups in total. The molecule has 0 unspecified atom stereocenters. The van der Waals surface area contributed by atoms with E-state index in [0.717, 1.165) is 41.3 Å². The maximum absolute atomic E-state index is 12.0. The minimum absolute atomic E-state index is 0.0271. The molecule has 0 spiro atoms. The molecule has 0 aliphatic carbocycles. The van der Waals surface area contributed by atoms with Crippen LogP contribution in [0.2, 0.25) is 4.47 Å². The fraction of sp³-hybridized carbons (Fsp3) is 0.333. The molecule has 1 aliphatic rings. The van der Waals surface area contributed by atoms with Crippen LogP contribution in [0.3, 0.4) is 0 Å². The molecule has 2 amide bonds. The average molecular weight is 337 g/mol. The SMILES string of the molecule is Cc1c(NCc2cnc(Cl)s2)cccc1N1CCCNC1=O. The number of urea groups is 1. The summed E-state index contributed by atoms with van der Waals surface area (Å²) in [6.07, 6.45) is 2.74. The first-order chi connectivity index (χ1) is 10.6. The van der Waals surface area contributed by atoms with E-state index in [2.05, 4.69) is 15.6 Å². The average Bonchev–Trinajstić information content (AvgIpc) is 2.93. The van der Waals surface area contributed by atoms with E-state index in [1.165, 1.54) is 11.3 Å². The Kier molecular flexibility index (Phi) is 4.49. The van der Waals surface area contributed by atoms with E-state index in [9.17, 15) is 4.79 Å². The number of hydrogen-bond acceptors (Lipinski definition) is 4. The molecule has 0 saturated carbocycles. The molecule has 0 atom stereocenters. The third-order valence-electron chi connectivity index (χ3n) is 3.65. The van der Waals surface area contributed by atoms with Crippen LogP contribution < -0.4 is 15.5 Å². The molecule has 0 bridgehead atoms. The van der Waals surface area contributed by atoms with Crippen LogP contribution in [0.1, 0.15) is 16.9 Å². The van der Waals surface area contributed by atoms with E-state index in [-0.39, 0.29) is 6.03 Å². The molecule has 7 heteroatoms. The topological polar surface area (TPSA) is 57.3 Å². The molecule has 5 nitrogen and oxygen atoms in total. The van der Waals surface area contributed by atoms with Crippen LogP contribution in [0.4, 0.5) is 16.2 Å². The second-order valence-corrected chi connectivity index (χ2v) is 6.82. The number of halogens is 1. The summed E-state index contributed by atoms with van der Waals surface area (Å²) in [6.45, 7) is 4.19. The van der Waals surface area contributed by atoms with Gasteiger partial charge in [-0.25, -0.2) is 9.78 Å². The van der Waals surface area contributed by atoms with Gasteiger partial charge in [0.1, 0.15) is 0 Å². The molecule has 1 saturated heterocycles. The number of amides is 2. The summed E-state index contributed by atoms with van der Waals surface area (Å²) < 4.78 is 0.548. The Hall–Kier alpha value is -1.79. The van der Waals surface area contributed by atoms with Gasteiger partial charge in [0.05, 0.1) is 12.2 Å². The normalized spacial score (nSPS) is 14.8. The minimum atomic E-state index is -0.0271. The van der Waals surface area contributed by atoms with Gasteiger partial charge in [0, 0.05) is 29.9 Å². The first kappa shape index (κ1) is 15.1. The largest absolute Gasteiger partial charge is 0.380 e. The summed E-state index contributed by atoms with van der Waals surface area (Å²) in [5, 5.41) is 6.27. The van der Waals surface area contributed by atoms with Crippen LogP contribution in [0, 0.1) is 6.92 Å². The molecule has 2 heterocycles. The number of carbonyl (C=O) groups excluding carboxylic acids is 1. The monoisotopic (exact) mass is 336 g/mol. The van der Waals surface area contributed by atoms with Gasteiger partial charge >= 0.3 is 6.03 Å². The van der Waals surface area contributed by atoms with Gasteiger partial charge in [-0.15, -0.1) is 11.3 Å². The number of rotatable bonds is 4. The zero-order valence-corrected chi connectivity index (χ0v) is 13.8. The van der Waals surface area contributed by atoms with E-state index in [1.54, 1.807) is 11.1 Å². The summed E-state index contributed by atoms with van der Waals surface area (Å²) in [4.78, 5) is 18.9. The fourth-order valence-corrected chi connectivity index (χ4v) is 3.43. The lowest BCUT2D eigenvalue weighted by atomic mass is 10.1. The van der Waals surface area contributed by atoms with Crippen LogP contribution in [-0.2, 0) is 6.54 Å². The highest BCUT2D eigenvalue weighted by Crippen LogP contribution is 2.28. The van der Waals surface area contributed by atoms with Crippen molar-refractivity contribution in [3.05, 3.63) is 39.3 Å². The third-order valence-corrected chi connectivity index (χ3v) is 4.77. The molecule has 3 rings (SSSR count). The lowest BCUT2D eigenvalue weighted by molar-refractivity contribution is 0.243. The molecular weight excluding hydrogens is 320 g/mol. The molecule has 22 heavy (non-hydrogen) atoms. The number of nitrogens with one attached hydrogen (secondary N) is 2. The highest BCUT2D eigenvalue weighted by molar-refractivity contribution is 7.15. The predicted octanol–water partition coefficient (Wildman–Crippen LogP) is 3.64. The molecule has 1 aromatic carbocycles. The van der Waals surface area contributed by atoms with E-state index in [0.29, 0.717) is 11.0 Å². The third kappa shape index (κ3) is 3.18. The van der Waals surface area contributed by atoms with Gasteiger partial charge in [-0.3, -0.25) is 4.90 Å². The molecule has 0 radical (unpaired) electrons. The number of nitrogens with zero attached hydrogens (tertiary/aromatic N) is 2. The summed E-state index contributed by atoms with van der Waals surface area (Å²) in [6, 6.07) is 5.94. The molecule has 1 fully saturated rings. The van der Waals surface area contributed by atoms with Crippen molar-refractivity contribution in [3.8, 4) is 0 Å².